The first kappa shape index (κ1) is 26.9. The summed E-state index contributed by atoms with van der Waals surface area (Å²) in [4.78, 5) is 0.152. The molecule has 0 amide bonds. The molecule has 0 bridgehead atoms. The lowest BCUT2D eigenvalue weighted by atomic mass is 10.2. The molecule has 0 spiro atoms. The summed E-state index contributed by atoms with van der Waals surface area (Å²) >= 11 is 6.91. The van der Waals surface area contributed by atoms with Gasteiger partial charge in [0.25, 0.3) is 10.0 Å². The van der Waals surface area contributed by atoms with Gasteiger partial charge in [-0.2, -0.15) is 0 Å². The van der Waals surface area contributed by atoms with Crippen molar-refractivity contribution in [1.29, 1.82) is 0 Å². The second kappa shape index (κ2) is 11.3. The number of fused-ring (bicyclic) bond motifs is 1. The summed E-state index contributed by atoms with van der Waals surface area (Å²) in [6.07, 6.45) is 1.53. The molecule has 0 N–H and O–H groups in total. The van der Waals surface area contributed by atoms with E-state index in [0.29, 0.717) is 21.2 Å². The summed E-state index contributed by atoms with van der Waals surface area (Å²) < 4.78 is 54.1. The summed E-state index contributed by atoms with van der Waals surface area (Å²) in [5.41, 5.74) is 1.77. The molecule has 0 unspecified atom stereocenters. The predicted octanol–water partition coefficient (Wildman–Crippen LogP) is 6.87. The SMILES string of the molecule is CCOP(=O)(OCC)/C(=C/c1cc2ccccc2n1S(=O)(=O)c1ccc(C)cc1)C(=S)SCC. The van der Waals surface area contributed by atoms with E-state index < -0.39 is 17.6 Å². The molecule has 0 aliphatic rings. The maximum Gasteiger partial charge on any atom is 0.363 e. The van der Waals surface area contributed by atoms with Crippen molar-refractivity contribution in [1.82, 2.24) is 3.97 Å². The molecule has 34 heavy (non-hydrogen) atoms. The number of benzene rings is 2. The minimum atomic E-state index is -3.97. The number of hydrogen-bond acceptors (Lipinski definition) is 7. The molecule has 0 aliphatic heterocycles. The van der Waals surface area contributed by atoms with Gasteiger partial charge < -0.3 is 9.05 Å². The third-order valence-electron chi connectivity index (χ3n) is 4.91. The van der Waals surface area contributed by atoms with Crippen LogP contribution in [0.2, 0.25) is 0 Å². The highest BCUT2D eigenvalue weighted by Gasteiger charge is 2.34. The Morgan fingerprint density at radius 1 is 1.06 bits per heavy atom. The Hall–Kier alpha value is -1.74. The Labute approximate surface area is 210 Å². The zero-order valence-corrected chi connectivity index (χ0v) is 22.9. The van der Waals surface area contributed by atoms with E-state index in [1.165, 1.54) is 21.8 Å². The molecular formula is C24H28NO5PS3. The highest BCUT2D eigenvalue weighted by atomic mass is 32.2. The van der Waals surface area contributed by atoms with Crippen molar-refractivity contribution in [2.24, 2.45) is 0 Å². The zero-order chi connectivity index (χ0) is 24.9. The van der Waals surface area contributed by atoms with Gasteiger partial charge in [0, 0.05) is 5.39 Å². The second-order valence-corrected chi connectivity index (χ2v) is 13.0. The van der Waals surface area contributed by atoms with Crippen molar-refractivity contribution in [2.45, 2.75) is 32.6 Å². The van der Waals surface area contributed by atoms with E-state index in [1.54, 1.807) is 56.3 Å². The first-order valence-electron chi connectivity index (χ1n) is 10.9. The molecule has 0 saturated carbocycles. The maximum absolute atomic E-state index is 13.8. The number of thioether (sulfide) groups is 1. The number of para-hydroxylation sites is 1. The van der Waals surface area contributed by atoms with Crippen molar-refractivity contribution in [3.8, 4) is 0 Å². The molecule has 0 atom stereocenters. The van der Waals surface area contributed by atoms with Crippen LogP contribution in [0, 0.1) is 6.92 Å². The van der Waals surface area contributed by atoms with Crippen LogP contribution < -0.4 is 0 Å². The maximum atomic E-state index is 13.8. The van der Waals surface area contributed by atoms with Crippen LogP contribution in [0.25, 0.3) is 17.0 Å². The molecule has 3 rings (SSSR count). The first-order chi connectivity index (χ1) is 16.2. The number of nitrogens with zero attached hydrogens (tertiary/aromatic N) is 1. The summed E-state index contributed by atoms with van der Waals surface area (Å²) in [5.74, 6) is 0.652. The minimum absolute atomic E-state index is 0.151. The molecule has 0 aliphatic carbocycles. The van der Waals surface area contributed by atoms with Crippen LogP contribution in [-0.4, -0.2) is 35.6 Å². The predicted molar refractivity (Wildman–Crippen MR) is 145 cm³/mol. The smallest absolute Gasteiger partial charge is 0.305 e. The largest absolute Gasteiger partial charge is 0.363 e. The van der Waals surface area contributed by atoms with Crippen molar-refractivity contribution in [3.05, 3.63) is 71.2 Å². The molecular weight excluding hydrogens is 509 g/mol. The van der Waals surface area contributed by atoms with Crippen LogP contribution >= 0.6 is 31.6 Å². The molecule has 2 aromatic carbocycles. The average molecular weight is 538 g/mol. The monoisotopic (exact) mass is 537 g/mol. The minimum Gasteiger partial charge on any atom is -0.305 e. The van der Waals surface area contributed by atoms with Crippen molar-refractivity contribution < 1.29 is 22.0 Å². The Kier molecular flexibility index (Phi) is 8.95. The van der Waals surface area contributed by atoms with Crippen LogP contribution in [0.15, 0.2) is 64.8 Å². The quantitative estimate of drug-likeness (QED) is 0.159. The van der Waals surface area contributed by atoms with Crippen LogP contribution in [0.5, 0.6) is 0 Å². The van der Waals surface area contributed by atoms with E-state index in [2.05, 4.69) is 0 Å². The van der Waals surface area contributed by atoms with Crippen molar-refractivity contribution in [3.63, 3.8) is 0 Å². The summed E-state index contributed by atoms with van der Waals surface area (Å²) in [7, 11) is -7.76. The lowest BCUT2D eigenvalue weighted by Gasteiger charge is -2.21. The van der Waals surface area contributed by atoms with Crippen LogP contribution in [0.4, 0.5) is 0 Å². The van der Waals surface area contributed by atoms with E-state index in [1.807, 2.05) is 26.0 Å². The van der Waals surface area contributed by atoms with Gasteiger partial charge in [-0.3, -0.25) is 4.57 Å². The summed E-state index contributed by atoms with van der Waals surface area (Å²) in [5, 5.41) is 0.904. The molecule has 10 heteroatoms. The third-order valence-corrected chi connectivity index (χ3v) is 10.5. The van der Waals surface area contributed by atoms with Gasteiger partial charge in [-0.1, -0.05) is 55.0 Å². The fourth-order valence-electron chi connectivity index (χ4n) is 3.45. The first-order valence-corrected chi connectivity index (χ1v) is 15.3. The van der Waals surface area contributed by atoms with E-state index in [-0.39, 0.29) is 23.4 Å². The van der Waals surface area contributed by atoms with Gasteiger partial charge in [0.1, 0.15) is 0 Å². The highest BCUT2D eigenvalue weighted by Crippen LogP contribution is 2.58. The molecule has 0 fully saturated rings. The fraction of sp³-hybridized carbons (Fsp3) is 0.292. The van der Waals surface area contributed by atoms with Gasteiger partial charge in [0.05, 0.1) is 38.8 Å². The average Bonchev–Trinajstić information content (AvgIpc) is 3.17. The summed E-state index contributed by atoms with van der Waals surface area (Å²) in [6, 6.07) is 15.6. The van der Waals surface area contributed by atoms with Gasteiger partial charge in [-0.25, -0.2) is 12.4 Å². The van der Waals surface area contributed by atoms with Crippen LogP contribution in [0.1, 0.15) is 32.0 Å². The topological polar surface area (TPSA) is 74.6 Å². The Morgan fingerprint density at radius 3 is 2.26 bits per heavy atom. The molecule has 1 aromatic heterocycles. The number of aromatic nitrogens is 1. The third kappa shape index (κ3) is 5.56. The lowest BCUT2D eigenvalue weighted by molar-refractivity contribution is 0.228. The Balaban J connectivity index is 2.34. The van der Waals surface area contributed by atoms with Crippen molar-refractivity contribution >= 4 is 62.8 Å². The molecule has 1 heterocycles. The second-order valence-electron chi connectivity index (χ2n) is 7.29. The van der Waals surface area contributed by atoms with Gasteiger partial charge >= 0.3 is 7.60 Å². The number of rotatable bonds is 10. The fourth-order valence-corrected chi connectivity index (χ4v) is 8.24. The van der Waals surface area contributed by atoms with Gasteiger partial charge in [0.15, 0.2) is 0 Å². The van der Waals surface area contributed by atoms with Gasteiger partial charge in [-0.15, -0.1) is 11.8 Å². The van der Waals surface area contributed by atoms with Gasteiger partial charge in [0.2, 0.25) is 0 Å². The van der Waals surface area contributed by atoms with Crippen LogP contribution in [-0.2, 0) is 23.6 Å². The molecule has 6 nitrogen and oxygen atoms in total. The van der Waals surface area contributed by atoms with E-state index in [9.17, 15) is 13.0 Å². The standard InChI is InChI=1S/C24H28NO5PS3/c1-5-29-31(26,30-6-2)23(24(32)33-7-3)17-20-16-19-10-8-9-11-22(19)25(20)34(27,28)21-14-12-18(4)13-15-21/h8-17H,5-7H2,1-4H3/b23-17+. The Bertz CT molecular complexity index is 1350. The zero-order valence-electron chi connectivity index (χ0n) is 19.6. The van der Waals surface area contributed by atoms with Crippen LogP contribution in [0.3, 0.4) is 0 Å². The number of hydrogen-bond donors (Lipinski definition) is 0. The van der Waals surface area contributed by atoms with E-state index >= 15 is 0 Å². The summed E-state index contributed by atoms with van der Waals surface area (Å²) in [6.45, 7) is 7.57. The van der Waals surface area contributed by atoms with E-state index in [4.69, 9.17) is 21.3 Å². The Morgan fingerprint density at radius 2 is 1.68 bits per heavy atom. The van der Waals surface area contributed by atoms with Gasteiger partial charge in [-0.05, 0) is 56.9 Å². The normalized spacial score (nSPS) is 12.9. The molecule has 0 saturated heterocycles. The highest BCUT2D eigenvalue weighted by molar-refractivity contribution is 8.24. The lowest BCUT2D eigenvalue weighted by Crippen LogP contribution is -2.15. The number of aryl methyl sites for hydroxylation is 1. The van der Waals surface area contributed by atoms with E-state index in [0.717, 1.165) is 10.9 Å². The molecule has 0 radical (unpaired) electrons. The number of thiocarbonyl (C=S) groups is 1. The molecule has 182 valence electrons. The molecule has 3 aromatic rings. The van der Waals surface area contributed by atoms with Crippen molar-refractivity contribution in [2.75, 3.05) is 19.0 Å².